The lowest BCUT2D eigenvalue weighted by Crippen LogP contribution is -2.43. The summed E-state index contributed by atoms with van der Waals surface area (Å²) in [6.45, 7) is 3.59. The fraction of sp³-hybridized carbons (Fsp3) is 0.556. The maximum absolute atomic E-state index is 11.9. The van der Waals surface area contributed by atoms with Gasteiger partial charge in [-0.3, -0.25) is 0 Å². The van der Waals surface area contributed by atoms with Crippen molar-refractivity contribution in [2.24, 2.45) is 0 Å². The van der Waals surface area contributed by atoms with E-state index >= 15 is 0 Å². The molecule has 2 aromatic rings. The monoisotopic (exact) mass is 314 g/mol. The van der Waals surface area contributed by atoms with E-state index in [4.69, 9.17) is 0 Å². The number of fused-ring (bicyclic) bond motifs is 1. The Morgan fingerprint density at radius 1 is 1.26 bits per heavy atom. The second-order valence-corrected chi connectivity index (χ2v) is 6.39. The lowest BCUT2D eigenvalue weighted by molar-refractivity contribution is 0.232. The molecule has 1 heterocycles. The molecule has 1 fully saturated rings. The van der Waals surface area contributed by atoms with E-state index in [2.05, 4.69) is 26.3 Å². The van der Waals surface area contributed by atoms with Gasteiger partial charge in [0, 0.05) is 19.1 Å². The average molecular weight is 314 g/mol. The molecule has 0 unspecified atom stereocenters. The molecule has 3 rings (SSSR count). The minimum absolute atomic E-state index is 0.0240. The smallest absolute Gasteiger partial charge is 0.315 e. The summed E-state index contributed by atoms with van der Waals surface area (Å²) in [5.74, 6) is 1.03. The highest BCUT2D eigenvalue weighted by atomic mass is 16.2. The fourth-order valence-corrected chi connectivity index (χ4v) is 3.40. The summed E-state index contributed by atoms with van der Waals surface area (Å²) in [7, 11) is 0. The van der Waals surface area contributed by atoms with Crippen molar-refractivity contribution in [3.63, 3.8) is 0 Å². The van der Waals surface area contributed by atoms with Crippen LogP contribution in [0.5, 0.6) is 0 Å². The third kappa shape index (κ3) is 4.03. The van der Waals surface area contributed by atoms with Gasteiger partial charge >= 0.3 is 6.03 Å². The maximum atomic E-state index is 11.9. The van der Waals surface area contributed by atoms with Gasteiger partial charge in [-0.25, -0.2) is 9.78 Å². The first-order valence-electron chi connectivity index (χ1n) is 8.70. The molecule has 0 atom stereocenters. The maximum Gasteiger partial charge on any atom is 0.315 e. The molecule has 1 aromatic heterocycles. The Kier molecular flexibility index (Phi) is 5.16. The number of nitrogens with one attached hydrogen (secondary N) is 2. The van der Waals surface area contributed by atoms with Crippen LogP contribution in [0.15, 0.2) is 24.3 Å². The van der Waals surface area contributed by atoms with Gasteiger partial charge in [0.25, 0.3) is 0 Å². The molecule has 23 heavy (non-hydrogen) atoms. The van der Waals surface area contributed by atoms with E-state index < -0.39 is 0 Å². The molecule has 0 radical (unpaired) electrons. The molecule has 124 valence electrons. The van der Waals surface area contributed by atoms with Crippen LogP contribution in [0.25, 0.3) is 11.0 Å². The van der Waals surface area contributed by atoms with Crippen molar-refractivity contribution in [2.75, 3.05) is 6.54 Å². The Labute approximate surface area is 137 Å². The molecule has 1 aliphatic rings. The van der Waals surface area contributed by atoms with Gasteiger partial charge in [0.05, 0.1) is 11.0 Å². The van der Waals surface area contributed by atoms with Gasteiger partial charge in [0.1, 0.15) is 5.82 Å². The van der Waals surface area contributed by atoms with Gasteiger partial charge < -0.3 is 15.2 Å². The number of aryl methyl sites for hydroxylation is 2. The number of hydrogen-bond acceptors (Lipinski definition) is 2. The van der Waals surface area contributed by atoms with Crippen molar-refractivity contribution < 1.29 is 4.79 Å². The zero-order valence-corrected chi connectivity index (χ0v) is 13.8. The Hall–Kier alpha value is -2.04. The summed E-state index contributed by atoms with van der Waals surface area (Å²) in [5.41, 5.74) is 2.20. The number of aromatic nitrogens is 2. The van der Waals surface area contributed by atoms with Crippen LogP contribution in [0.2, 0.25) is 0 Å². The second kappa shape index (κ2) is 7.49. The van der Waals surface area contributed by atoms with Crippen LogP contribution in [0.4, 0.5) is 4.79 Å². The highest BCUT2D eigenvalue weighted by molar-refractivity contribution is 5.76. The molecule has 0 saturated heterocycles. The number of benzene rings is 1. The molecule has 1 saturated carbocycles. The Morgan fingerprint density at radius 3 is 2.87 bits per heavy atom. The number of carbonyl (C=O) groups excluding carboxylic acids is 1. The van der Waals surface area contributed by atoms with Gasteiger partial charge in [-0.05, 0) is 38.3 Å². The molecule has 2 N–H and O–H groups in total. The first-order chi connectivity index (χ1) is 11.2. The number of nitrogens with zero attached hydrogens (tertiary/aromatic N) is 2. The van der Waals surface area contributed by atoms with E-state index in [0.29, 0.717) is 12.6 Å². The normalized spacial score (nSPS) is 15.7. The lowest BCUT2D eigenvalue weighted by Gasteiger charge is -2.22. The Bertz CT molecular complexity index is 658. The van der Waals surface area contributed by atoms with Gasteiger partial charge in [-0.1, -0.05) is 31.4 Å². The quantitative estimate of drug-likeness (QED) is 0.831. The minimum Gasteiger partial charge on any atom is -0.338 e. The minimum atomic E-state index is -0.0240. The number of rotatable bonds is 5. The van der Waals surface area contributed by atoms with Gasteiger partial charge in [-0.2, -0.15) is 0 Å². The molecule has 1 aliphatic carbocycles. The number of imidazole rings is 1. The molecular weight excluding hydrogens is 288 g/mol. The summed E-state index contributed by atoms with van der Waals surface area (Å²) in [6.07, 6.45) is 6.91. The summed E-state index contributed by atoms with van der Waals surface area (Å²) >= 11 is 0. The van der Waals surface area contributed by atoms with Crippen molar-refractivity contribution in [3.05, 3.63) is 30.1 Å². The van der Waals surface area contributed by atoms with Crippen LogP contribution in [0.1, 0.15) is 44.3 Å². The van der Waals surface area contributed by atoms with Crippen LogP contribution in [-0.4, -0.2) is 28.2 Å². The molecule has 5 nitrogen and oxygen atoms in total. The second-order valence-electron chi connectivity index (χ2n) is 6.39. The van der Waals surface area contributed by atoms with Crippen molar-refractivity contribution in [3.8, 4) is 0 Å². The highest BCUT2D eigenvalue weighted by Crippen LogP contribution is 2.17. The van der Waals surface area contributed by atoms with E-state index in [9.17, 15) is 4.79 Å². The zero-order chi connectivity index (χ0) is 16.1. The van der Waals surface area contributed by atoms with E-state index in [0.717, 1.165) is 42.7 Å². The lowest BCUT2D eigenvalue weighted by atomic mass is 9.96. The standard InChI is InChI=1S/C18H26N4O/c1-14-20-16-10-5-6-11-17(16)22(14)13-7-12-19-18(23)21-15-8-3-2-4-9-15/h5-6,10-11,15H,2-4,7-9,12-13H2,1H3,(H2,19,21,23). The molecule has 0 bridgehead atoms. The molecule has 2 amide bonds. The van der Waals surface area contributed by atoms with Crippen LogP contribution in [0, 0.1) is 6.92 Å². The Morgan fingerprint density at radius 2 is 2.04 bits per heavy atom. The molecule has 0 spiro atoms. The summed E-state index contributed by atoms with van der Waals surface area (Å²) < 4.78 is 2.22. The van der Waals surface area contributed by atoms with Gasteiger partial charge in [-0.15, -0.1) is 0 Å². The third-order valence-corrected chi connectivity index (χ3v) is 4.63. The summed E-state index contributed by atoms with van der Waals surface area (Å²) in [4.78, 5) is 16.5. The van der Waals surface area contributed by atoms with E-state index in [1.807, 2.05) is 25.1 Å². The first-order valence-corrected chi connectivity index (χ1v) is 8.70. The van der Waals surface area contributed by atoms with Gasteiger partial charge in [0.2, 0.25) is 0 Å². The number of para-hydroxylation sites is 2. The third-order valence-electron chi connectivity index (χ3n) is 4.63. The SMILES string of the molecule is Cc1nc2ccccc2n1CCCNC(=O)NC1CCCCC1. The number of carbonyl (C=O) groups is 1. The topological polar surface area (TPSA) is 59.0 Å². The van der Waals surface area contributed by atoms with Crippen molar-refractivity contribution >= 4 is 17.1 Å². The molecule has 5 heteroatoms. The van der Waals surface area contributed by atoms with Crippen molar-refractivity contribution in [1.29, 1.82) is 0 Å². The predicted molar refractivity (Wildman–Crippen MR) is 92.5 cm³/mol. The molecular formula is C18H26N4O. The molecule has 0 aliphatic heterocycles. The first kappa shape index (κ1) is 15.8. The predicted octanol–water partition coefficient (Wildman–Crippen LogP) is 3.37. The van der Waals surface area contributed by atoms with Gasteiger partial charge in [0.15, 0.2) is 0 Å². The number of amides is 2. The average Bonchev–Trinajstić information content (AvgIpc) is 2.88. The number of hydrogen-bond donors (Lipinski definition) is 2. The van der Waals surface area contributed by atoms with E-state index in [1.165, 1.54) is 19.3 Å². The largest absolute Gasteiger partial charge is 0.338 e. The Balaban J connectivity index is 1.44. The summed E-state index contributed by atoms with van der Waals surface area (Å²) in [5, 5.41) is 6.06. The van der Waals surface area contributed by atoms with Crippen molar-refractivity contribution in [1.82, 2.24) is 20.2 Å². The van der Waals surface area contributed by atoms with E-state index in [1.54, 1.807) is 0 Å². The highest BCUT2D eigenvalue weighted by Gasteiger charge is 2.15. The van der Waals surface area contributed by atoms with Crippen LogP contribution in [-0.2, 0) is 6.54 Å². The molecule has 1 aromatic carbocycles. The number of urea groups is 1. The van der Waals surface area contributed by atoms with E-state index in [-0.39, 0.29) is 6.03 Å². The van der Waals surface area contributed by atoms with Crippen LogP contribution in [0.3, 0.4) is 0 Å². The van der Waals surface area contributed by atoms with Crippen molar-refractivity contribution in [2.45, 2.75) is 58.0 Å². The van der Waals surface area contributed by atoms with Crippen LogP contribution >= 0.6 is 0 Å². The zero-order valence-electron chi connectivity index (χ0n) is 13.8. The summed E-state index contributed by atoms with van der Waals surface area (Å²) in [6, 6.07) is 8.52. The van der Waals surface area contributed by atoms with Crippen LogP contribution < -0.4 is 10.6 Å². The fourth-order valence-electron chi connectivity index (χ4n) is 3.40.